The van der Waals surface area contributed by atoms with E-state index in [2.05, 4.69) is 56.7 Å². The molecular weight excluding hydrogens is 450 g/mol. The van der Waals surface area contributed by atoms with E-state index >= 15 is 0 Å². The van der Waals surface area contributed by atoms with Crippen LogP contribution in [0, 0.1) is 19.8 Å². The molecule has 1 amide bonds. The summed E-state index contributed by atoms with van der Waals surface area (Å²) >= 11 is 0. The Morgan fingerprint density at radius 1 is 0.861 bits per heavy atom. The molecule has 0 saturated carbocycles. The first-order chi connectivity index (χ1) is 17.5. The number of methoxy groups -OCH3 is 1. The highest BCUT2D eigenvalue weighted by molar-refractivity contribution is 5.79. The highest BCUT2D eigenvalue weighted by atomic mass is 16.5. The molecule has 3 heterocycles. The Morgan fingerprint density at radius 2 is 1.58 bits per heavy atom. The molecule has 0 spiro atoms. The maximum Gasteiger partial charge on any atom is 0.225 e. The number of ether oxygens (including phenoxy) is 1. The number of carbonyl (C=O) groups is 1. The molecule has 2 aliphatic heterocycles. The SMILES string of the molecule is COc1ccc(-c2cc(N3CCC(C(=O)N4CCN(c5cc(C)ccc5C)CC4)CC3)ncn2)cc1. The number of amides is 1. The van der Waals surface area contributed by atoms with Crippen LogP contribution in [-0.2, 0) is 4.79 Å². The van der Waals surface area contributed by atoms with Gasteiger partial charge in [0.15, 0.2) is 0 Å². The van der Waals surface area contributed by atoms with Crippen molar-refractivity contribution in [2.75, 3.05) is 56.2 Å². The van der Waals surface area contributed by atoms with Crippen LogP contribution in [0.4, 0.5) is 11.5 Å². The van der Waals surface area contributed by atoms with E-state index in [1.54, 1.807) is 13.4 Å². The van der Waals surface area contributed by atoms with Crippen LogP contribution in [0.25, 0.3) is 11.3 Å². The van der Waals surface area contributed by atoms with Crippen molar-refractivity contribution < 1.29 is 9.53 Å². The van der Waals surface area contributed by atoms with E-state index in [1.807, 2.05) is 30.3 Å². The van der Waals surface area contributed by atoms with Gasteiger partial charge in [-0.15, -0.1) is 0 Å². The molecule has 0 atom stereocenters. The van der Waals surface area contributed by atoms with E-state index in [1.165, 1.54) is 16.8 Å². The lowest BCUT2D eigenvalue weighted by atomic mass is 9.95. The maximum atomic E-state index is 13.3. The van der Waals surface area contributed by atoms with Gasteiger partial charge in [0.05, 0.1) is 12.8 Å². The number of rotatable bonds is 5. The quantitative estimate of drug-likeness (QED) is 0.536. The van der Waals surface area contributed by atoms with Crippen LogP contribution in [-0.4, -0.2) is 67.2 Å². The van der Waals surface area contributed by atoms with Crippen molar-refractivity contribution in [2.24, 2.45) is 5.92 Å². The first-order valence-corrected chi connectivity index (χ1v) is 12.8. The van der Waals surface area contributed by atoms with Crippen molar-refractivity contribution >= 4 is 17.4 Å². The number of hydrogen-bond acceptors (Lipinski definition) is 6. The van der Waals surface area contributed by atoms with Gasteiger partial charge in [-0.2, -0.15) is 0 Å². The van der Waals surface area contributed by atoms with E-state index in [0.29, 0.717) is 5.91 Å². The van der Waals surface area contributed by atoms with Crippen LogP contribution in [0.1, 0.15) is 24.0 Å². The molecular formula is C29H35N5O2. The number of anilines is 2. The molecule has 1 aromatic heterocycles. The molecule has 36 heavy (non-hydrogen) atoms. The first-order valence-electron chi connectivity index (χ1n) is 12.8. The third-order valence-electron chi connectivity index (χ3n) is 7.50. The van der Waals surface area contributed by atoms with Gasteiger partial charge < -0.3 is 19.4 Å². The number of carbonyl (C=O) groups excluding carboxylic acids is 1. The zero-order chi connectivity index (χ0) is 25.1. The summed E-state index contributed by atoms with van der Waals surface area (Å²) in [6.45, 7) is 9.34. The van der Waals surface area contributed by atoms with Crippen LogP contribution in [0.2, 0.25) is 0 Å². The third-order valence-corrected chi connectivity index (χ3v) is 7.50. The topological polar surface area (TPSA) is 61.8 Å². The van der Waals surface area contributed by atoms with Crippen molar-refractivity contribution in [3.05, 3.63) is 66.0 Å². The zero-order valence-corrected chi connectivity index (χ0v) is 21.5. The highest BCUT2D eigenvalue weighted by Gasteiger charge is 2.31. The Bertz CT molecular complexity index is 1200. The molecule has 5 rings (SSSR count). The highest BCUT2D eigenvalue weighted by Crippen LogP contribution is 2.28. The van der Waals surface area contributed by atoms with Crippen molar-refractivity contribution in [3.63, 3.8) is 0 Å². The van der Waals surface area contributed by atoms with Gasteiger partial charge in [0.25, 0.3) is 0 Å². The van der Waals surface area contributed by atoms with Gasteiger partial charge >= 0.3 is 0 Å². The van der Waals surface area contributed by atoms with Gasteiger partial charge in [0.1, 0.15) is 17.9 Å². The predicted octanol–water partition coefficient (Wildman–Crippen LogP) is 4.33. The number of aromatic nitrogens is 2. The summed E-state index contributed by atoms with van der Waals surface area (Å²) in [5.74, 6) is 2.16. The van der Waals surface area contributed by atoms with Crippen LogP contribution in [0.5, 0.6) is 5.75 Å². The van der Waals surface area contributed by atoms with Crippen molar-refractivity contribution in [1.82, 2.24) is 14.9 Å². The Morgan fingerprint density at radius 3 is 2.28 bits per heavy atom. The smallest absolute Gasteiger partial charge is 0.225 e. The molecule has 2 aromatic carbocycles. The summed E-state index contributed by atoms with van der Waals surface area (Å²) in [5, 5.41) is 0. The molecule has 0 bridgehead atoms. The van der Waals surface area contributed by atoms with Crippen molar-refractivity contribution in [3.8, 4) is 17.0 Å². The minimum Gasteiger partial charge on any atom is -0.497 e. The second-order valence-electron chi connectivity index (χ2n) is 9.85. The molecule has 7 nitrogen and oxygen atoms in total. The zero-order valence-electron chi connectivity index (χ0n) is 21.5. The molecule has 188 valence electrons. The van der Waals surface area contributed by atoms with Gasteiger partial charge in [-0.1, -0.05) is 12.1 Å². The predicted molar refractivity (Wildman–Crippen MR) is 144 cm³/mol. The van der Waals surface area contributed by atoms with E-state index in [0.717, 1.165) is 74.9 Å². The minimum atomic E-state index is 0.0939. The fourth-order valence-electron chi connectivity index (χ4n) is 5.28. The van der Waals surface area contributed by atoms with Crippen molar-refractivity contribution in [1.29, 1.82) is 0 Å². The summed E-state index contributed by atoms with van der Waals surface area (Å²) in [7, 11) is 1.67. The third kappa shape index (κ3) is 5.15. The fourth-order valence-corrected chi connectivity index (χ4v) is 5.28. The summed E-state index contributed by atoms with van der Waals surface area (Å²) in [4.78, 5) is 29.1. The number of hydrogen-bond donors (Lipinski definition) is 0. The van der Waals surface area contributed by atoms with Gasteiger partial charge in [-0.25, -0.2) is 9.97 Å². The van der Waals surface area contributed by atoms with E-state index in [9.17, 15) is 4.79 Å². The minimum absolute atomic E-state index is 0.0939. The van der Waals surface area contributed by atoms with Gasteiger partial charge in [0.2, 0.25) is 5.91 Å². The van der Waals surface area contributed by atoms with E-state index in [4.69, 9.17) is 4.74 Å². The summed E-state index contributed by atoms with van der Waals surface area (Å²) < 4.78 is 5.26. The average Bonchev–Trinajstić information content (AvgIpc) is 2.94. The molecule has 2 fully saturated rings. The number of aryl methyl sites for hydroxylation is 2. The van der Waals surface area contributed by atoms with E-state index in [-0.39, 0.29) is 5.92 Å². The normalized spacial score (nSPS) is 16.8. The molecule has 0 N–H and O–H groups in total. The average molecular weight is 486 g/mol. The Hall–Kier alpha value is -3.61. The van der Waals surface area contributed by atoms with Crippen molar-refractivity contribution in [2.45, 2.75) is 26.7 Å². The van der Waals surface area contributed by atoms with Crippen LogP contribution < -0.4 is 14.5 Å². The van der Waals surface area contributed by atoms with E-state index < -0.39 is 0 Å². The number of benzene rings is 2. The Balaban J connectivity index is 1.16. The maximum absolute atomic E-state index is 13.3. The monoisotopic (exact) mass is 485 g/mol. The lowest BCUT2D eigenvalue weighted by Crippen LogP contribution is -2.52. The van der Waals surface area contributed by atoms with Crippen LogP contribution in [0.3, 0.4) is 0 Å². The molecule has 7 heteroatoms. The first kappa shape index (κ1) is 24.1. The van der Waals surface area contributed by atoms with Gasteiger partial charge in [-0.3, -0.25) is 4.79 Å². The summed E-state index contributed by atoms with van der Waals surface area (Å²) in [5.41, 5.74) is 5.80. The summed E-state index contributed by atoms with van der Waals surface area (Å²) in [6.07, 6.45) is 3.34. The van der Waals surface area contributed by atoms with Gasteiger partial charge in [-0.05, 0) is 68.1 Å². The molecule has 2 aliphatic rings. The molecule has 0 unspecified atom stereocenters. The number of nitrogens with zero attached hydrogens (tertiary/aromatic N) is 5. The Labute approximate surface area is 213 Å². The lowest BCUT2D eigenvalue weighted by Gasteiger charge is -2.40. The second-order valence-corrected chi connectivity index (χ2v) is 9.85. The number of piperazine rings is 1. The molecule has 3 aromatic rings. The molecule has 0 radical (unpaired) electrons. The molecule has 2 saturated heterocycles. The van der Waals surface area contributed by atoms with Gasteiger partial charge in [0, 0.05) is 62.5 Å². The summed E-state index contributed by atoms with van der Waals surface area (Å²) in [6, 6.07) is 16.5. The Kier molecular flexibility index (Phi) is 7.07. The number of piperidine rings is 1. The second kappa shape index (κ2) is 10.6. The lowest BCUT2D eigenvalue weighted by molar-refractivity contribution is -0.136. The fraction of sp³-hybridized carbons (Fsp3) is 0.414. The standard InChI is InChI=1S/C29H35N5O2/c1-21-4-5-22(2)27(18-21)32-14-16-34(17-15-32)29(35)24-10-12-33(13-11-24)28-19-26(30-20-31-28)23-6-8-25(36-3)9-7-23/h4-9,18-20,24H,10-17H2,1-3H3. The largest absolute Gasteiger partial charge is 0.497 e. The molecule has 0 aliphatic carbocycles. The van der Waals surface area contributed by atoms with Crippen LogP contribution >= 0.6 is 0 Å². The van der Waals surface area contributed by atoms with Crippen LogP contribution in [0.15, 0.2) is 54.9 Å².